The van der Waals surface area contributed by atoms with Crippen LogP contribution in [-0.2, 0) is 6.54 Å². The van der Waals surface area contributed by atoms with E-state index in [4.69, 9.17) is 0 Å². The summed E-state index contributed by atoms with van der Waals surface area (Å²) in [5.41, 5.74) is 2.90. The van der Waals surface area contributed by atoms with Gasteiger partial charge in [0.15, 0.2) is 0 Å². The fraction of sp³-hybridized carbons (Fsp3) is 0.600. The van der Waals surface area contributed by atoms with Crippen molar-refractivity contribution < 1.29 is 0 Å². The summed E-state index contributed by atoms with van der Waals surface area (Å²) in [5.74, 6) is 0.715. The normalized spacial score (nSPS) is 22.4. The largest absolute Gasteiger partial charge is 0.314 e. The zero-order chi connectivity index (χ0) is 13.2. The van der Waals surface area contributed by atoms with Gasteiger partial charge < -0.3 is 10.2 Å². The molecular weight excluding hydrogens is 302 g/mol. The molecule has 2 aliphatic heterocycles. The first-order valence-corrected chi connectivity index (χ1v) is 7.91. The Bertz CT molecular complexity index is 437. The number of benzene rings is 1. The maximum atomic E-state index is 3.76. The van der Waals surface area contributed by atoms with Crippen molar-refractivity contribution >= 4 is 15.9 Å². The minimum atomic E-state index is 0.715. The van der Waals surface area contributed by atoms with Gasteiger partial charge in [-0.1, -0.05) is 28.1 Å². The Balaban J connectivity index is 1.65. The van der Waals surface area contributed by atoms with Crippen LogP contribution in [-0.4, -0.2) is 56.1 Å². The number of likely N-dealkylation sites (N-methyl/N-ethyl adjacent to an activating group) is 1. The fourth-order valence-electron chi connectivity index (χ4n) is 3.02. The highest BCUT2D eigenvalue weighted by Crippen LogP contribution is 2.32. The van der Waals surface area contributed by atoms with Crippen LogP contribution in [0.1, 0.15) is 17.0 Å². The number of nitrogens with one attached hydrogen (secondary N) is 1. The van der Waals surface area contributed by atoms with Crippen LogP contribution in [0.25, 0.3) is 0 Å². The third kappa shape index (κ3) is 3.19. The molecule has 2 heterocycles. The number of rotatable bonds is 3. The predicted octanol–water partition coefficient (Wildman–Crippen LogP) is 1.88. The Hall–Kier alpha value is -0.420. The summed E-state index contributed by atoms with van der Waals surface area (Å²) in [6.07, 6.45) is 0. The quantitative estimate of drug-likeness (QED) is 0.916. The second-order valence-electron chi connectivity index (χ2n) is 5.80. The van der Waals surface area contributed by atoms with E-state index in [2.05, 4.69) is 56.3 Å². The molecule has 3 nitrogen and oxygen atoms in total. The molecule has 2 fully saturated rings. The molecule has 0 aromatic heterocycles. The summed E-state index contributed by atoms with van der Waals surface area (Å²) < 4.78 is 1.29. The summed E-state index contributed by atoms with van der Waals surface area (Å²) in [7, 11) is 2.18. The van der Waals surface area contributed by atoms with Crippen LogP contribution in [0, 0.1) is 0 Å². The third-order valence-electron chi connectivity index (χ3n) is 4.18. The zero-order valence-corrected chi connectivity index (χ0v) is 13.1. The molecule has 1 aromatic carbocycles. The molecule has 2 aliphatic rings. The molecule has 2 saturated heterocycles. The van der Waals surface area contributed by atoms with Gasteiger partial charge in [0.25, 0.3) is 0 Å². The highest BCUT2D eigenvalue weighted by atomic mass is 79.9. The molecule has 0 saturated carbocycles. The summed E-state index contributed by atoms with van der Waals surface area (Å²) in [5, 5.41) is 3.40. The topological polar surface area (TPSA) is 18.5 Å². The number of piperazine rings is 1. The maximum absolute atomic E-state index is 3.76. The maximum Gasteiger partial charge on any atom is 0.0235 e. The van der Waals surface area contributed by atoms with Crippen molar-refractivity contribution in [2.24, 2.45) is 0 Å². The van der Waals surface area contributed by atoms with Gasteiger partial charge in [0.2, 0.25) is 0 Å². The molecule has 104 valence electrons. The van der Waals surface area contributed by atoms with Crippen LogP contribution in [0.5, 0.6) is 0 Å². The van der Waals surface area contributed by atoms with Crippen LogP contribution in [0.15, 0.2) is 22.7 Å². The first kappa shape index (κ1) is 13.6. The number of halogens is 1. The summed E-state index contributed by atoms with van der Waals surface area (Å²) >= 11 is 3.76. The summed E-state index contributed by atoms with van der Waals surface area (Å²) in [6.45, 7) is 8.01. The van der Waals surface area contributed by atoms with E-state index in [0.29, 0.717) is 5.92 Å². The van der Waals surface area contributed by atoms with E-state index in [1.165, 1.54) is 28.7 Å². The van der Waals surface area contributed by atoms with Crippen LogP contribution in [0.2, 0.25) is 0 Å². The lowest BCUT2D eigenvalue weighted by atomic mass is 9.91. The van der Waals surface area contributed by atoms with E-state index in [0.717, 1.165) is 32.7 Å². The van der Waals surface area contributed by atoms with E-state index in [1.54, 1.807) is 0 Å². The standard InChI is InChI=1S/C15H22BrN3/c1-18-10-13(11-18)14-3-2-12(8-15(14)16)9-19-6-4-17-5-7-19/h2-3,8,13,17H,4-7,9-11H2,1H3. The van der Waals surface area contributed by atoms with Crippen molar-refractivity contribution in [2.45, 2.75) is 12.5 Å². The van der Waals surface area contributed by atoms with E-state index >= 15 is 0 Å². The van der Waals surface area contributed by atoms with Gasteiger partial charge in [0.1, 0.15) is 0 Å². The summed E-state index contributed by atoms with van der Waals surface area (Å²) in [6, 6.07) is 6.94. The molecule has 3 rings (SSSR count). The van der Waals surface area contributed by atoms with E-state index in [9.17, 15) is 0 Å². The highest BCUT2D eigenvalue weighted by molar-refractivity contribution is 9.10. The smallest absolute Gasteiger partial charge is 0.0235 e. The minimum Gasteiger partial charge on any atom is -0.314 e. The van der Waals surface area contributed by atoms with Gasteiger partial charge in [0, 0.05) is 56.2 Å². The molecule has 0 radical (unpaired) electrons. The lowest BCUT2D eigenvalue weighted by Gasteiger charge is -2.37. The first-order valence-electron chi connectivity index (χ1n) is 7.12. The van der Waals surface area contributed by atoms with Crippen LogP contribution in [0.4, 0.5) is 0 Å². The van der Waals surface area contributed by atoms with Gasteiger partial charge in [-0.05, 0) is 24.2 Å². The average Bonchev–Trinajstić information content (AvgIpc) is 2.37. The van der Waals surface area contributed by atoms with Crippen LogP contribution < -0.4 is 5.32 Å². The molecule has 4 heteroatoms. The van der Waals surface area contributed by atoms with Crippen molar-refractivity contribution in [2.75, 3.05) is 46.3 Å². The Morgan fingerprint density at radius 1 is 1.26 bits per heavy atom. The molecule has 0 amide bonds. The van der Waals surface area contributed by atoms with E-state index in [1.807, 2.05) is 0 Å². The molecule has 0 atom stereocenters. The molecule has 0 aliphatic carbocycles. The molecule has 1 aromatic rings. The van der Waals surface area contributed by atoms with E-state index < -0.39 is 0 Å². The van der Waals surface area contributed by atoms with Gasteiger partial charge in [-0.25, -0.2) is 0 Å². The van der Waals surface area contributed by atoms with Crippen LogP contribution in [0.3, 0.4) is 0 Å². The van der Waals surface area contributed by atoms with Crippen molar-refractivity contribution in [1.29, 1.82) is 0 Å². The predicted molar refractivity (Wildman–Crippen MR) is 82.5 cm³/mol. The second-order valence-corrected chi connectivity index (χ2v) is 6.65. The number of nitrogens with zero attached hydrogens (tertiary/aromatic N) is 2. The average molecular weight is 324 g/mol. The van der Waals surface area contributed by atoms with Crippen molar-refractivity contribution in [3.05, 3.63) is 33.8 Å². The Morgan fingerprint density at radius 2 is 2.00 bits per heavy atom. The van der Waals surface area contributed by atoms with Gasteiger partial charge in [0.05, 0.1) is 0 Å². The Morgan fingerprint density at radius 3 is 2.63 bits per heavy atom. The number of likely N-dealkylation sites (tertiary alicyclic amines) is 1. The monoisotopic (exact) mass is 323 g/mol. The first-order chi connectivity index (χ1) is 9.22. The van der Waals surface area contributed by atoms with Crippen LogP contribution >= 0.6 is 15.9 Å². The van der Waals surface area contributed by atoms with Gasteiger partial charge >= 0.3 is 0 Å². The second kappa shape index (κ2) is 5.92. The van der Waals surface area contributed by atoms with Gasteiger partial charge in [-0.3, -0.25) is 4.90 Å². The molecular formula is C15H22BrN3. The molecule has 0 unspecified atom stereocenters. The molecule has 0 spiro atoms. The van der Waals surface area contributed by atoms with Crippen molar-refractivity contribution in [1.82, 2.24) is 15.1 Å². The van der Waals surface area contributed by atoms with Gasteiger partial charge in [-0.2, -0.15) is 0 Å². The van der Waals surface area contributed by atoms with Gasteiger partial charge in [-0.15, -0.1) is 0 Å². The summed E-state index contributed by atoms with van der Waals surface area (Å²) in [4.78, 5) is 4.89. The lowest BCUT2D eigenvalue weighted by molar-refractivity contribution is 0.189. The Kier molecular flexibility index (Phi) is 4.22. The molecule has 19 heavy (non-hydrogen) atoms. The minimum absolute atomic E-state index is 0.715. The number of hydrogen-bond donors (Lipinski definition) is 1. The SMILES string of the molecule is CN1CC(c2ccc(CN3CCNCC3)cc2Br)C1. The zero-order valence-electron chi connectivity index (χ0n) is 11.5. The van der Waals surface area contributed by atoms with Crippen molar-refractivity contribution in [3.63, 3.8) is 0 Å². The fourth-order valence-corrected chi connectivity index (χ4v) is 3.77. The molecule has 1 N–H and O–H groups in total. The lowest BCUT2D eigenvalue weighted by Crippen LogP contribution is -2.43. The third-order valence-corrected chi connectivity index (χ3v) is 4.87. The Labute approximate surface area is 124 Å². The number of hydrogen-bond acceptors (Lipinski definition) is 3. The molecule has 0 bridgehead atoms. The van der Waals surface area contributed by atoms with Crippen molar-refractivity contribution in [3.8, 4) is 0 Å². The van der Waals surface area contributed by atoms with E-state index in [-0.39, 0.29) is 0 Å². The highest BCUT2D eigenvalue weighted by Gasteiger charge is 2.26.